The Labute approximate surface area is 196 Å². The van der Waals surface area contributed by atoms with Gasteiger partial charge >= 0.3 is 0 Å². The molecule has 0 N–H and O–H groups in total. The number of piperazine rings is 1. The average Bonchev–Trinajstić information content (AvgIpc) is 2.84. The fourth-order valence-electron chi connectivity index (χ4n) is 4.75. The Kier molecular flexibility index (Phi) is 7.78. The molecule has 2 aliphatic rings. The molecule has 8 heteroatoms. The Morgan fingerprint density at radius 1 is 0.909 bits per heavy atom. The lowest BCUT2D eigenvalue weighted by Gasteiger charge is -2.37. The van der Waals surface area contributed by atoms with Crippen molar-refractivity contribution >= 4 is 15.9 Å². The Bertz CT molecular complexity index is 1020. The molecule has 0 bridgehead atoms. The Morgan fingerprint density at radius 2 is 1.55 bits per heavy atom. The second-order valence-corrected chi connectivity index (χ2v) is 10.8. The molecule has 2 aromatic rings. The maximum atomic E-state index is 13.4. The van der Waals surface area contributed by atoms with Gasteiger partial charge in [-0.2, -0.15) is 4.31 Å². The molecule has 1 aliphatic carbocycles. The van der Waals surface area contributed by atoms with Crippen molar-refractivity contribution in [2.45, 2.75) is 49.6 Å². The van der Waals surface area contributed by atoms with Crippen molar-refractivity contribution in [2.24, 2.45) is 0 Å². The van der Waals surface area contributed by atoms with Crippen LogP contribution in [0.2, 0.25) is 0 Å². The number of carbonyl (C=O) groups excluding carboxylic acids is 1. The summed E-state index contributed by atoms with van der Waals surface area (Å²) in [6.07, 6.45) is 4.48. The minimum Gasteiger partial charge on any atom is -0.339 e. The summed E-state index contributed by atoms with van der Waals surface area (Å²) in [4.78, 5) is 17.3. The molecule has 0 aromatic heterocycles. The highest BCUT2D eigenvalue weighted by atomic mass is 32.2. The number of rotatable bonds is 7. The summed E-state index contributed by atoms with van der Waals surface area (Å²) < 4.78 is 41.6. The zero-order valence-electron chi connectivity index (χ0n) is 18.9. The smallest absolute Gasteiger partial charge is 0.243 e. The van der Waals surface area contributed by atoms with Gasteiger partial charge in [0.2, 0.25) is 15.9 Å². The van der Waals surface area contributed by atoms with Gasteiger partial charge in [-0.25, -0.2) is 12.8 Å². The van der Waals surface area contributed by atoms with Crippen LogP contribution >= 0.6 is 0 Å². The molecule has 1 amide bonds. The summed E-state index contributed by atoms with van der Waals surface area (Å²) in [7, 11) is -3.89. The van der Waals surface area contributed by atoms with Gasteiger partial charge in [0.15, 0.2) is 0 Å². The summed E-state index contributed by atoms with van der Waals surface area (Å²) in [5, 5.41) is 0. The quantitative estimate of drug-likeness (QED) is 0.618. The van der Waals surface area contributed by atoms with Gasteiger partial charge in [-0.3, -0.25) is 9.69 Å². The molecule has 0 radical (unpaired) electrons. The van der Waals surface area contributed by atoms with E-state index in [1.165, 1.54) is 22.0 Å². The van der Waals surface area contributed by atoms with Crippen LogP contribution < -0.4 is 0 Å². The minimum absolute atomic E-state index is 0.0370. The highest BCUT2D eigenvalue weighted by Gasteiger charge is 2.35. The fourth-order valence-corrected chi connectivity index (χ4v) is 6.39. The number of nitrogens with zero attached hydrogens (tertiary/aromatic N) is 3. The van der Waals surface area contributed by atoms with Gasteiger partial charge < -0.3 is 4.90 Å². The van der Waals surface area contributed by atoms with Crippen LogP contribution in [0.5, 0.6) is 0 Å². The molecule has 1 saturated heterocycles. The number of halogens is 1. The largest absolute Gasteiger partial charge is 0.339 e. The predicted octanol–water partition coefficient (Wildman–Crippen LogP) is 3.49. The van der Waals surface area contributed by atoms with Gasteiger partial charge in [-0.1, -0.05) is 49.6 Å². The van der Waals surface area contributed by atoms with E-state index in [1.54, 1.807) is 4.90 Å². The first kappa shape index (κ1) is 23.9. The van der Waals surface area contributed by atoms with Crippen molar-refractivity contribution in [2.75, 3.05) is 32.7 Å². The van der Waals surface area contributed by atoms with Crippen molar-refractivity contribution in [3.05, 3.63) is 66.0 Å². The zero-order chi connectivity index (χ0) is 23.3. The predicted molar refractivity (Wildman–Crippen MR) is 125 cm³/mol. The molecule has 0 atom stereocenters. The van der Waals surface area contributed by atoms with Crippen molar-refractivity contribution in [1.29, 1.82) is 0 Å². The van der Waals surface area contributed by atoms with E-state index in [-0.39, 0.29) is 23.4 Å². The first-order valence-corrected chi connectivity index (χ1v) is 13.2. The first-order valence-electron chi connectivity index (χ1n) is 11.7. The third-order valence-electron chi connectivity index (χ3n) is 6.67. The SMILES string of the molecule is O=C(CN(C1CCCCC1)S(=O)(=O)c1ccc(F)cc1)N1CCN(Cc2ccccc2)CC1. The van der Waals surface area contributed by atoms with Crippen LogP contribution in [0, 0.1) is 5.82 Å². The van der Waals surface area contributed by atoms with E-state index in [4.69, 9.17) is 0 Å². The van der Waals surface area contributed by atoms with E-state index in [9.17, 15) is 17.6 Å². The van der Waals surface area contributed by atoms with Crippen molar-refractivity contribution in [3.8, 4) is 0 Å². The van der Waals surface area contributed by atoms with Crippen LogP contribution in [-0.2, 0) is 21.4 Å². The van der Waals surface area contributed by atoms with Crippen LogP contribution in [-0.4, -0.2) is 67.2 Å². The van der Waals surface area contributed by atoms with Crippen LogP contribution in [0.3, 0.4) is 0 Å². The summed E-state index contributed by atoms with van der Waals surface area (Å²) in [6, 6.07) is 14.9. The molecule has 0 spiro atoms. The number of hydrogen-bond donors (Lipinski definition) is 0. The van der Waals surface area contributed by atoms with Crippen molar-refractivity contribution in [3.63, 3.8) is 0 Å². The molecule has 1 aliphatic heterocycles. The van der Waals surface area contributed by atoms with Crippen LogP contribution in [0.25, 0.3) is 0 Å². The van der Waals surface area contributed by atoms with E-state index < -0.39 is 15.8 Å². The fraction of sp³-hybridized carbons (Fsp3) is 0.480. The Morgan fingerprint density at radius 3 is 2.18 bits per heavy atom. The summed E-state index contributed by atoms with van der Waals surface area (Å²) in [5.74, 6) is -0.645. The van der Waals surface area contributed by atoms with E-state index in [0.29, 0.717) is 13.1 Å². The molecule has 2 fully saturated rings. The lowest BCUT2D eigenvalue weighted by molar-refractivity contribution is -0.133. The second kappa shape index (κ2) is 10.8. The Balaban J connectivity index is 1.43. The van der Waals surface area contributed by atoms with Gasteiger partial charge in [-0.05, 0) is 42.7 Å². The molecular formula is C25H32FN3O3S. The minimum atomic E-state index is -3.89. The second-order valence-electron chi connectivity index (χ2n) is 8.94. The number of hydrogen-bond acceptors (Lipinski definition) is 4. The normalized spacial score (nSPS) is 18.5. The van der Waals surface area contributed by atoms with E-state index in [0.717, 1.165) is 63.9 Å². The van der Waals surface area contributed by atoms with Gasteiger partial charge in [-0.15, -0.1) is 0 Å². The number of amides is 1. The van der Waals surface area contributed by atoms with Crippen LogP contribution in [0.4, 0.5) is 4.39 Å². The topological polar surface area (TPSA) is 60.9 Å². The number of carbonyl (C=O) groups is 1. The van der Waals surface area contributed by atoms with Gasteiger partial charge in [0, 0.05) is 38.8 Å². The Hall–Kier alpha value is -2.29. The summed E-state index contributed by atoms with van der Waals surface area (Å²) in [5.41, 5.74) is 1.24. The number of benzene rings is 2. The standard InChI is InChI=1S/C25H32FN3O3S/c26-22-11-13-24(14-12-22)33(31,32)29(23-9-5-2-6-10-23)20-25(30)28-17-15-27(16-18-28)19-21-7-3-1-4-8-21/h1,3-4,7-8,11-14,23H,2,5-6,9-10,15-20H2. The van der Waals surface area contributed by atoms with Gasteiger partial charge in [0.1, 0.15) is 5.82 Å². The van der Waals surface area contributed by atoms with Crippen molar-refractivity contribution < 1.29 is 17.6 Å². The molecule has 0 unspecified atom stereocenters. The van der Waals surface area contributed by atoms with E-state index >= 15 is 0 Å². The number of sulfonamides is 1. The van der Waals surface area contributed by atoms with Crippen molar-refractivity contribution in [1.82, 2.24) is 14.1 Å². The monoisotopic (exact) mass is 473 g/mol. The van der Waals surface area contributed by atoms with Crippen LogP contribution in [0.1, 0.15) is 37.7 Å². The van der Waals surface area contributed by atoms with E-state index in [2.05, 4.69) is 17.0 Å². The third-order valence-corrected chi connectivity index (χ3v) is 8.58. The zero-order valence-corrected chi connectivity index (χ0v) is 19.7. The third kappa shape index (κ3) is 5.99. The first-order chi connectivity index (χ1) is 15.9. The molecule has 4 rings (SSSR count). The lowest BCUT2D eigenvalue weighted by atomic mass is 9.95. The molecule has 178 valence electrons. The lowest BCUT2D eigenvalue weighted by Crippen LogP contribution is -2.53. The van der Waals surface area contributed by atoms with Gasteiger partial charge in [0.25, 0.3) is 0 Å². The maximum absolute atomic E-state index is 13.4. The molecule has 33 heavy (non-hydrogen) atoms. The highest BCUT2D eigenvalue weighted by Crippen LogP contribution is 2.28. The molecular weight excluding hydrogens is 441 g/mol. The average molecular weight is 474 g/mol. The maximum Gasteiger partial charge on any atom is 0.243 e. The molecule has 1 saturated carbocycles. The van der Waals surface area contributed by atoms with Crippen LogP contribution in [0.15, 0.2) is 59.5 Å². The summed E-state index contributed by atoms with van der Waals surface area (Å²) >= 11 is 0. The van der Waals surface area contributed by atoms with Gasteiger partial charge in [0.05, 0.1) is 11.4 Å². The highest BCUT2D eigenvalue weighted by molar-refractivity contribution is 7.89. The van der Waals surface area contributed by atoms with E-state index in [1.807, 2.05) is 18.2 Å². The molecule has 1 heterocycles. The molecule has 6 nitrogen and oxygen atoms in total. The summed E-state index contributed by atoms with van der Waals surface area (Å²) in [6.45, 7) is 3.37. The molecule has 2 aromatic carbocycles.